The minimum atomic E-state index is -1.33. The molecule has 1 aromatic heterocycles. The zero-order chi connectivity index (χ0) is 13.3. The number of aromatic carboxylic acids is 1. The Morgan fingerprint density at radius 1 is 1.17 bits per heavy atom. The summed E-state index contributed by atoms with van der Waals surface area (Å²) in [6, 6.07) is 4.12. The molecule has 0 saturated carbocycles. The molecule has 0 atom stereocenters. The molecule has 0 saturated heterocycles. The van der Waals surface area contributed by atoms with E-state index in [0.29, 0.717) is 0 Å². The molecule has 3 nitrogen and oxygen atoms in total. The van der Waals surface area contributed by atoms with Crippen LogP contribution in [0.3, 0.4) is 0 Å². The molecule has 2 aromatic rings. The van der Waals surface area contributed by atoms with Crippen molar-refractivity contribution in [2.24, 2.45) is 0 Å². The number of carbonyl (C=O) groups is 1. The minimum absolute atomic E-state index is 0.310. The van der Waals surface area contributed by atoms with Crippen LogP contribution < -0.4 is 0 Å². The van der Waals surface area contributed by atoms with Gasteiger partial charge in [-0.05, 0) is 12.1 Å². The van der Waals surface area contributed by atoms with Crippen LogP contribution in [-0.2, 0) is 0 Å². The molecule has 0 amide bonds. The summed E-state index contributed by atoms with van der Waals surface area (Å²) in [5.41, 5.74) is -1.08. The Balaban J connectivity index is 2.66. The largest absolute Gasteiger partial charge is 0.478 e. The average molecular weight is 253 g/mol. The lowest BCUT2D eigenvalue weighted by atomic mass is 10.0. The van der Waals surface area contributed by atoms with E-state index in [4.69, 9.17) is 5.11 Å². The molecule has 0 spiro atoms. The first-order valence-corrected chi connectivity index (χ1v) is 4.84. The highest BCUT2D eigenvalue weighted by Crippen LogP contribution is 2.26. The fourth-order valence-corrected chi connectivity index (χ4v) is 1.47. The number of pyridine rings is 1. The van der Waals surface area contributed by atoms with Crippen molar-refractivity contribution in [3.05, 3.63) is 53.6 Å². The molecule has 92 valence electrons. The van der Waals surface area contributed by atoms with E-state index in [1.165, 1.54) is 6.07 Å². The van der Waals surface area contributed by atoms with E-state index in [1.807, 2.05) is 0 Å². The fourth-order valence-electron chi connectivity index (χ4n) is 1.47. The summed E-state index contributed by atoms with van der Waals surface area (Å²) >= 11 is 0. The normalized spacial score (nSPS) is 10.4. The van der Waals surface area contributed by atoms with Crippen molar-refractivity contribution in [2.45, 2.75) is 0 Å². The zero-order valence-corrected chi connectivity index (χ0v) is 8.82. The Kier molecular flexibility index (Phi) is 3.01. The molecule has 0 aliphatic heterocycles. The number of nitrogens with zero attached hydrogens (tertiary/aromatic N) is 1. The molecule has 1 aromatic carbocycles. The number of aromatic nitrogens is 1. The molecular weight excluding hydrogens is 247 g/mol. The molecule has 0 fully saturated rings. The zero-order valence-electron chi connectivity index (χ0n) is 8.82. The SMILES string of the molecule is O=C(O)c1cnc(F)c(-c2cccc(F)c2F)c1. The van der Waals surface area contributed by atoms with Gasteiger partial charge in [-0.3, -0.25) is 0 Å². The van der Waals surface area contributed by atoms with E-state index in [0.717, 1.165) is 24.4 Å². The lowest BCUT2D eigenvalue weighted by Gasteiger charge is -2.05. The molecule has 6 heteroatoms. The quantitative estimate of drug-likeness (QED) is 0.837. The van der Waals surface area contributed by atoms with Crippen molar-refractivity contribution in [3.63, 3.8) is 0 Å². The molecular formula is C12H6F3NO2. The van der Waals surface area contributed by atoms with Crippen molar-refractivity contribution >= 4 is 5.97 Å². The standard InChI is InChI=1S/C12H6F3NO2/c13-9-3-1-2-7(10(9)14)8-4-6(12(17)18)5-16-11(8)15/h1-5H,(H,17,18). The van der Waals surface area contributed by atoms with Crippen molar-refractivity contribution in [1.29, 1.82) is 0 Å². The first-order chi connectivity index (χ1) is 8.50. The van der Waals surface area contributed by atoms with Gasteiger partial charge in [-0.15, -0.1) is 0 Å². The van der Waals surface area contributed by atoms with Crippen LogP contribution in [0.2, 0.25) is 0 Å². The first kappa shape index (κ1) is 12.1. The van der Waals surface area contributed by atoms with Crippen LogP contribution in [0, 0.1) is 17.6 Å². The predicted molar refractivity (Wildman–Crippen MR) is 56.5 cm³/mol. The van der Waals surface area contributed by atoms with Crippen molar-refractivity contribution in [1.82, 2.24) is 4.98 Å². The number of benzene rings is 1. The van der Waals surface area contributed by atoms with Crippen LogP contribution in [0.5, 0.6) is 0 Å². The lowest BCUT2D eigenvalue weighted by molar-refractivity contribution is 0.0696. The lowest BCUT2D eigenvalue weighted by Crippen LogP contribution is -2.01. The van der Waals surface area contributed by atoms with Crippen LogP contribution in [0.1, 0.15) is 10.4 Å². The number of hydrogen-bond acceptors (Lipinski definition) is 2. The van der Waals surface area contributed by atoms with Gasteiger partial charge in [0.1, 0.15) is 0 Å². The summed E-state index contributed by atoms with van der Waals surface area (Å²) < 4.78 is 39.9. The minimum Gasteiger partial charge on any atom is -0.478 e. The van der Waals surface area contributed by atoms with E-state index < -0.39 is 29.1 Å². The number of hydrogen-bond donors (Lipinski definition) is 1. The van der Waals surface area contributed by atoms with E-state index in [1.54, 1.807) is 0 Å². The Hall–Kier alpha value is -2.37. The Morgan fingerprint density at radius 2 is 1.89 bits per heavy atom. The van der Waals surface area contributed by atoms with Gasteiger partial charge in [0.05, 0.1) is 5.56 Å². The van der Waals surface area contributed by atoms with E-state index in [-0.39, 0.29) is 11.1 Å². The first-order valence-electron chi connectivity index (χ1n) is 4.84. The molecule has 18 heavy (non-hydrogen) atoms. The topological polar surface area (TPSA) is 50.2 Å². The Morgan fingerprint density at radius 3 is 2.56 bits per heavy atom. The Labute approximate surface area is 99.5 Å². The average Bonchev–Trinajstić information content (AvgIpc) is 2.33. The summed E-state index contributed by atoms with van der Waals surface area (Å²) in [4.78, 5) is 13.9. The number of carboxylic acids is 1. The second-order valence-electron chi connectivity index (χ2n) is 3.47. The second kappa shape index (κ2) is 4.48. The highest BCUT2D eigenvalue weighted by atomic mass is 19.2. The molecule has 0 aliphatic carbocycles. The van der Waals surface area contributed by atoms with Crippen LogP contribution in [0.15, 0.2) is 30.5 Å². The van der Waals surface area contributed by atoms with Crippen molar-refractivity contribution in [3.8, 4) is 11.1 Å². The van der Waals surface area contributed by atoms with Gasteiger partial charge in [0.2, 0.25) is 5.95 Å². The molecule has 1 N–H and O–H groups in total. The van der Waals surface area contributed by atoms with Gasteiger partial charge < -0.3 is 5.11 Å². The number of rotatable bonds is 2. The highest BCUT2D eigenvalue weighted by molar-refractivity contribution is 5.88. The fraction of sp³-hybridized carbons (Fsp3) is 0. The van der Waals surface area contributed by atoms with E-state index >= 15 is 0 Å². The van der Waals surface area contributed by atoms with Crippen molar-refractivity contribution < 1.29 is 23.1 Å². The monoisotopic (exact) mass is 253 g/mol. The second-order valence-corrected chi connectivity index (χ2v) is 3.47. The maximum Gasteiger partial charge on any atom is 0.337 e. The molecule has 1 heterocycles. The number of halogens is 3. The van der Waals surface area contributed by atoms with E-state index in [2.05, 4.69) is 4.98 Å². The smallest absolute Gasteiger partial charge is 0.337 e. The molecule has 2 rings (SSSR count). The third kappa shape index (κ3) is 2.04. The van der Waals surface area contributed by atoms with Crippen molar-refractivity contribution in [2.75, 3.05) is 0 Å². The van der Waals surface area contributed by atoms with Crippen LogP contribution >= 0.6 is 0 Å². The van der Waals surface area contributed by atoms with Gasteiger partial charge in [-0.1, -0.05) is 12.1 Å². The maximum atomic E-state index is 13.5. The molecule has 0 aliphatic rings. The summed E-state index contributed by atoms with van der Waals surface area (Å²) in [5.74, 6) is -4.79. The highest BCUT2D eigenvalue weighted by Gasteiger charge is 2.16. The summed E-state index contributed by atoms with van der Waals surface area (Å²) in [6.07, 6.45) is 0.804. The molecule has 0 unspecified atom stereocenters. The van der Waals surface area contributed by atoms with Gasteiger partial charge in [0.25, 0.3) is 0 Å². The Bertz CT molecular complexity index is 629. The molecule has 0 bridgehead atoms. The van der Waals surface area contributed by atoms with E-state index in [9.17, 15) is 18.0 Å². The summed E-state index contributed by atoms with van der Waals surface area (Å²) in [7, 11) is 0. The summed E-state index contributed by atoms with van der Waals surface area (Å²) in [5, 5.41) is 8.74. The van der Waals surface area contributed by atoms with Gasteiger partial charge in [-0.2, -0.15) is 4.39 Å². The van der Waals surface area contributed by atoms with Gasteiger partial charge in [0.15, 0.2) is 11.6 Å². The number of carboxylic acid groups (broad SMARTS) is 1. The van der Waals surface area contributed by atoms with Crippen LogP contribution in [0.25, 0.3) is 11.1 Å². The van der Waals surface area contributed by atoms with Crippen LogP contribution in [-0.4, -0.2) is 16.1 Å². The van der Waals surface area contributed by atoms with Gasteiger partial charge >= 0.3 is 5.97 Å². The third-order valence-corrected chi connectivity index (χ3v) is 2.33. The van der Waals surface area contributed by atoms with Crippen LogP contribution in [0.4, 0.5) is 13.2 Å². The van der Waals surface area contributed by atoms with Gasteiger partial charge in [0, 0.05) is 17.3 Å². The molecule has 0 radical (unpaired) electrons. The third-order valence-electron chi connectivity index (χ3n) is 2.33. The summed E-state index contributed by atoms with van der Waals surface area (Å²) in [6.45, 7) is 0. The van der Waals surface area contributed by atoms with Gasteiger partial charge in [-0.25, -0.2) is 18.6 Å². The predicted octanol–water partition coefficient (Wildman–Crippen LogP) is 2.86. The maximum absolute atomic E-state index is 13.5.